The quantitative estimate of drug-likeness (QED) is 0.647. The van der Waals surface area contributed by atoms with Crippen molar-refractivity contribution >= 4 is 46.6 Å². The number of likely N-dealkylation sites (tertiary alicyclic amines) is 1. The molecule has 0 radical (unpaired) electrons. The Morgan fingerprint density at radius 3 is 2.37 bits per heavy atom. The highest BCUT2D eigenvalue weighted by molar-refractivity contribution is 6.40. The van der Waals surface area contributed by atoms with Gasteiger partial charge in [-0.1, -0.05) is 43.1 Å². The molecular formula is C20H23Cl2N5O3. The second kappa shape index (κ2) is 9.49. The monoisotopic (exact) mass is 451 g/mol. The highest BCUT2D eigenvalue weighted by Crippen LogP contribution is 2.26. The van der Waals surface area contributed by atoms with E-state index in [1.54, 1.807) is 18.2 Å². The summed E-state index contributed by atoms with van der Waals surface area (Å²) in [5.41, 5.74) is 0.406. The van der Waals surface area contributed by atoms with E-state index in [0.29, 0.717) is 25.9 Å². The van der Waals surface area contributed by atoms with Crippen LogP contribution in [0.25, 0.3) is 0 Å². The fraction of sp³-hybridized carbons (Fsp3) is 0.400. The van der Waals surface area contributed by atoms with Gasteiger partial charge in [-0.25, -0.2) is 0 Å². The Labute approximate surface area is 184 Å². The van der Waals surface area contributed by atoms with Gasteiger partial charge in [-0.3, -0.25) is 19.5 Å². The summed E-state index contributed by atoms with van der Waals surface area (Å²) in [5, 5.41) is 12.5. The minimum atomic E-state index is -0.540. The number of amides is 3. The van der Waals surface area contributed by atoms with E-state index in [2.05, 4.69) is 20.8 Å². The fourth-order valence-corrected chi connectivity index (χ4v) is 3.89. The number of H-pyrrole nitrogens is 1. The van der Waals surface area contributed by atoms with E-state index >= 15 is 0 Å². The van der Waals surface area contributed by atoms with Gasteiger partial charge in [0.05, 0.1) is 21.3 Å². The number of nitrogens with one attached hydrogen (secondary N) is 3. The zero-order valence-corrected chi connectivity index (χ0v) is 18.2. The molecule has 0 spiro atoms. The Morgan fingerprint density at radius 1 is 1.13 bits per heavy atom. The van der Waals surface area contributed by atoms with Crippen molar-refractivity contribution in [3.05, 3.63) is 45.7 Å². The van der Waals surface area contributed by atoms with Crippen molar-refractivity contribution < 1.29 is 14.4 Å². The summed E-state index contributed by atoms with van der Waals surface area (Å²) in [6.45, 7) is 4.94. The van der Waals surface area contributed by atoms with Crippen LogP contribution in [0.4, 0.5) is 5.69 Å². The number of carbonyl (C=O) groups is 3. The first kappa shape index (κ1) is 22.1. The number of aromatic nitrogens is 2. The molecule has 8 nitrogen and oxygen atoms in total. The molecular weight excluding hydrogens is 429 g/mol. The molecule has 1 aromatic heterocycles. The van der Waals surface area contributed by atoms with E-state index in [-0.39, 0.29) is 44.9 Å². The molecule has 1 aromatic carbocycles. The molecule has 1 aliphatic rings. The van der Waals surface area contributed by atoms with Crippen LogP contribution in [0.5, 0.6) is 0 Å². The SMILES string of the molecule is CC(C)C(=O)N1CCC(NC(=O)c2n[nH]cc2NC(=O)c2c(Cl)cccc2Cl)CC1. The normalized spacial score (nSPS) is 14.6. The predicted molar refractivity (Wildman–Crippen MR) is 115 cm³/mol. The number of anilines is 1. The van der Waals surface area contributed by atoms with Crippen molar-refractivity contribution in [1.82, 2.24) is 20.4 Å². The van der Waals surface area contributed by atoms with Gasteiger partial charge in [0.15, 0.2) is 5.69 Å². The Morgan fingerprint density at radius 2 is 1.77 bits per heavy atom. The van der Waals surface area contributed by atoms with Gasteiger partial charge in [0.1, 0.15) is 0 Å². The van der Waals surface area contributed by atoms with Gasteiger partial charge in [0, 0.05) is 31.2 Å². The summed E-state index contributed by atoms with van der Waals surface area (Å²) < 4.78 is 0. The largest absolute Gasteiger partial charge is 0.348 e. The lowest BCUT2D eigenvalue weighted by atomic mass is 10.0. The van der Waals surface area contributed by atoms with Crippen LogP contribution in [-0.4, -0.2) is 52.0 Å². The third-order valence-corrected chi connectivity index (χ3v) is 5.56. The Hall–Kier alpha value is -2.58. The van der Waals surface area contributed by atoms with E-state index in [0.717, 1.165) is 0 Å². The van der Waals surface area contributed by atoms with Crippen molar-refractivity contribution in [3.63, 3.8) is 0 Å². The van der Waals surface area contributed by atoms with E-state index in [1.807, 2.05) is 18.7 Å². The molecule has 0 unspecified atom stereocenters. The topological polar surface area (TPSA) is 107 Å². The summed E-state index contributed by atoms with van der Waals surface area (Å²) in [4.78, 5) is 39.2. The summed E-state index contributed by atoms with van der Waals surface area (Å²) in [5.74, 6) is -0.875. The number of halogens is 2. The molecule has 30 heavy (non-hydrogen) atoms. The lowest BCUT2D eigenvalue weighted by molar-refractivity contribution is -0.135. The standard InChI is InChI=1S/C20H23Cl2N5O3/c1-11(2)20(30)27-8-6-12(7-9-27)24-19(29)17-15(10-23-26-17)25-18(28)16-13(21)4-3-5-14(16)22/h3-5,10-12H,6-9H2,1-2H3,(H,23,26)(H,24,29)(H,25,28). The lowest BCUT2D eigenvalue weighted by Gasteiger charge is -2.33. The second-order valence-electron chi connectivity index (χ2n) is 7.43. The molecule has 3 rings (SSSR count). The molecule has 0 aliphatic carbocycles. The molecule has 1 aliphatic heterocycles. The van der Waals surface area contributed by atoms with Gasteiger partial charge in [-0.2, -0.15) is 5.10 Å². The number of rotatable bonds is 5. The summed E-state index contributed by atoms with van der Waals surface area (Å²) >= 11 is 12.1. The fourth-order valence-electron chi connectivity index (χ4n) is 3.32. The van der Waals surface area contributed by atoms with Gasteiger partial charge >= 0.3 is 0 Å². The third kappa shape index (κ3) is 4.94. The van der Waals surface area contributed by atoms with Crippen molar-refractivity contribution in [2.45, 2.75) is 32.7 Å². The van der Waals surface area contributed by atoms with Gasteiger partial charge in [0.2, 0.25) is 5.91 Å². The second-order valence-corrected chi connectivity index (χ2v) is 8.24. The van der Waals surface area contributed by atoms with Gasteiger partial charge in [-0.05, 0) is 25.0 Å². The number of benzene rings is 1. The van der Waals surface area contributed by atoms with E-state index in [1.165, 1.54) is 6.20 Å². The number of piperidine rings is 1. The lowest BCUT2D eigenvalue weighted by Crippen LogP contribution is -2.47. The molecule has 1 saturated heterocycles. The summed E-state index contributed by atoms with van der Waals surface area (Å²) in [7, 11) is 0. The average molecular weight is 452 g/mol. The van der Waals surface area contributed by atoms with Crippen LogP contribution in [0.15, 0.2) is 24.4 Å². The Kier molecular flexibility index (Phi) is 6.99. The van der Waals surface area contributed by atoms with Crippen LogP contribution in [0, 0.1) is 5.92 Å². The maximum absolute atomic E-state index is 12.7. The Balaban J connectivity index is 1.62. The van der Waals surface area contributed by atoms with E-state index in [4.69, 9.17) is 23.2 Å². The zero-order chi connectivity index (χ0) is 21.8. The molecule has 0 saturated carbocycles. The number of nitrogens with zero attached hydrogens (tertiary/aromatic N) is 2. The van der Waals surface area contributed by atoms with Gasteiger partial charge in [0.25, 0.3) is 11.8 Å². The smallest absolute Gasteiger partial charge is 0.274 e. The van der Waals surface area contributed by atoms with Crippen molar-refractivity contribution in [2.75, 3.05) is 18.4 Å². The van der Waals surface area contributed by atoms with Crippen LogP contribution in [0.3, 0.4) is 0 Å². The van der Waals surface area contributed by atoms with Crippen LogP contribution in [0.1, 0.15) is 47.5 Å². The highest BCUT2D eigenvalue weighted by Gasteiger charge is 2.27. The minimum Gasteiger partial charge on any atom is -0.348 e. The van der Waals surface area contributed by atoms with Crippen LogP contribution < -0.4 is 10.6 Å². The van der Waals surface area contributed by atoms with Crippen molar-refractivity contribution in [1.29, 1.82) is 0 Å². The molecule has 10 heteroatoms. The third-order valence-electron chi connectivity index (χ3n) is 4.93. The number of hydrogen-bond acceptors (Lipinski definition) is 4. The molecule has 1 fully saturated rings. The Bertz CT molecular complexity index is 931. The zero-order valence-electron chi connectivity index (χ0n) is 16.7. The average Bonchev–Trinajstić information content (AvgIpc) is 3.16. The highest BCUT2D eigenvalue weighted by atomic mass is 35.5. The molecule has 3 amide bonds. The van der Waals surface area contributed by atoms with Crippen molar-refractivity contribution in [3.8, 4) is 0 Å². The molecule has 160 valence electrons. The first-order valence-electron chi connectivity index (χ1n) is 9.66. The van der Waals surface area contributed by atoms with Gasteiger partial charge < -0.3 is 15.5 Å². The number of aromatic amines is 1. The van der Waals surface area contributed by atoms with Crippen molar-refractivity contribution in [2.24, 2.45) is 5.92 Å². The summed E-state index contributed by atoms with van der Waals surface area (Å²) in [6.07, 6.45) is 2.73. The van der Waals surface area contributed by atoms with Crippen LogP contribution >= 0.6 is 23.2 Å². The van der Waals surface area contributed by atoms with Gasteiger partial charge in [-0.15, -0.1) is 0 Å². The minimum absolute atomic E-state index is 0.0435. The maximum atomic E-state index is 12.7. The molecule has 0 atom stereocenters. The number of carbonyl (C=O) groups excluding carboxylic acids is 3. The molecule has 0 bridgehead atoms. The number of hydrogen-bond donors (Lipinski definition) is 3. The maximum Gasteiger partial charge on any atom is 0.274 e. The van der Waals surface area contributed by atoms with E-state index < -0.39 is 11.8 Å². The van der Waals surface area contributed by atoms with Crippen LogP contribution in [-0.2, 0) is 4.79 Å². The molecule has 2 aromatic rings. The molecule has 2 heterocycles. The first-order chi connectivity index (χ1) is 14.3. The predicted octanol–water partition coefficient (Wildman–Crippen LogP) is 3.35. The first-order valence-corrected chi connectivity index (χ1v) is 10.4. The summed E-state index contributed by atoms with van der Waals surface area (Å²) in [6, 6.07) is 4.67. The van der Waals surface area contributed by atoms with Crippen LogP contribution in [0.2, 0.25) is 10.0 Å². The van der Waals surface area contributed by atoms with E-state index in [9.17, 15) is 14.4 Å². The molecule has 3 N–H and O–H groups in total.